The minimum Gasteiger partial charge on any atom is -0.748 e. The third-order valence-corrected chi connectivity index (χ3v) is 3.31. The van der Waals surface area contributed by atoms with Crippen molar-refractivity contribution in [2.45, 2.75) is 49.9 Å². The molecule has 0 aromatic carbocycles. The van der Waals surface area contributed by atoms with Crippen LogP contribution < -0.4 is 29.6 Å². The smallest absolute Gasteiger partial charge is 0.748 e. The van der Waals surface area contributed by atoms with Crippen LogP contribution in [0.15, 0.2) is 0 Å². The fourth-order valence-corrected chi connectivity index (χ4v) is 2.04. The second-order valence-corrected chi connectivity index (χ2v) is 5.81. The van der Waals surface area contributed by atoms with Crippen molar-refractivity contribution in [3.8, 4) is 0 Å². The molecule has 0 amide bonds. The van der Waals surface area contributed by atoms with Gasteiger partial charge in [0, 0.05) is 0 Å². The summed E-state index contributed by atoms with van der Waals surface area (Å²) < 4.78 is 121. The van der Waals surface area contributed by atoms with Crippen LogP contribution in [0.3, 0.4) is 0 Å². The predicted molar refractivity (Wildman–Crippen MR) is 59.1 cm³/mol. The van der Waals surface area contributed by atoms with Crippen LogP contribution in [0.1, 0.15) is 12.8 Å². The second kappa shape index (κ2) is 11.1. The normalized spacial score (nSPS) is 20.4. The second-order valence-electron chi connectivity index (χ2n) is 4.37. The van der Waals surface area contributed by atoms with E-state index in [2.05, 4.69) is 0 Å². The maximum atomic E-state index is 13.2. The average Bonchev–Trinajstić information content (AvgIpc) is 2.39. The Kier molecular flexibility index (Phi) is 12.4. The third kappa shape index (κ3) is 8.90. The van der Waals surface area contributed by atoms with Crippen LogP contribution in [-0.4, -0.2) is 62.4 Å². The van der Waals surface area contributed by atoms with E-state index in [9.17, 15) is 43.7 Å². The number of hydrogen-bond donors (Lipinski definition) is 0. The van der Waals surface area contributed by atoms with Crippen LogP contribution in [0.25, 0.3) is 0 Å². The summed E-state index contributed by atoms with van der Waals surface area (Å²) in [5.74, 6) is -1.96. The summed E-state index contributed by atoms with van der Waals surface area (Å²) in [5.41, 5.74) is 0. The third-order valence-electron chi connectivity index (χ3n) is 2.58. The Morgan fingerprint density at radius 1 is 0.818 bits per heavy atom. The van der Waals surface area contributed by atoms with Crippen LogP contribution >= 0.6 is 0 Å². The van der Waals surface area contributed by atoms with Crippen LogP contribution in [0.2, 0.25) is 0 Å². The molecule has 6 unspecified atom stereocenters. The van der Waals surface area contributed by atoms with E-state index in [-0.39, 0.29) is 29.6 Å². The van der Waals surface area contributed by atoms with Crippen LogP contribution in [0.4, 0.5) is 30.7 Å². The summed E-state index contributed by atoms with van der Waals surface area (Å²) in [6.07, 6.45) is -20.6. The van der Waals surface area contributed by atoms with E-state index < -0.39 is 72.4 Å². The molecule has 0 aromatic heterocycles. The fraction of sp³-hybridized carbons (Fsp3) is 1.00. The van der Waals surface area contributed by atoms with Gasteiger partial charge in [0.2, 0.25) is 0 Å². The van der Waals surface area contributed by atoms with Crippen molar-refractivity contribution >= 4 is 10.1 Å². The Labute approximate surface area is 145 Å². The molecule has 0 saturated heterocycles. The van der Waals surface area contributed by atoms with Gasteiger partial charge in [-0.05, 0) is 12.8 Å². The molecule has 0 bridgehead atoms. The molecular formula is C10H14F7NaO3S. The fourth-order valence-electron chi connectivity index (χ4n) is 1.47. The van der Waals surface area contributed by atoms with Crippen LogP contribution in [0, 0.1) is 0 Å². The molecule has 0 aromatic rings. The minimum absolute atomic E-state index is 0. The molecule has 3 nitrogen and oxygen atoms in total. The maximum Gasteiger partial charge on any atom is 1.00 e. The quantitative estimate of drug-likeness (QED) is 0.291. The molecule has 0 N–H and O–H groups in total. The summed E-state index contributed by atoms with van der Waals surface area (Å²) >= 11 is 0. The summed E-state index contributed by atoms with van der Waals surface area (Å²) in [6.45, 7) is -1.03. The Morgan fingerprint density at radius 2 is 1.23 bits per heavy atom. The van der Waals surface area contributed by atoms with Crippen molar-refractivity contribution in [2.75, 3.05) is 12.4 Å². The van der Waals surface area contributed by atoms with Crippen LogP contribution in [-0.2, 0) is 10.1 Å². The zero-order valence-electron chi connectivity index (χ0n) is 11.6. The zero-order chi connectivity index (χ0) is 16.8. The topological polar surface area (TPSA) is 57.2 Å². The Bertz CT molecular complexity index is 400. The van der Waals surface area contributed by atoms with Gasteiger partial charge in [0.25, 0.3) is 0 Å². The van der Waals surface area contributed by atoms with Crippen molar-refractivity contribution in [1.82, 2.24) is 0 Å². The molecule has 0 fully saturated rings. The van der Waals surface area contributed by atoms with Gasteiger partial charge in [-0.25, -0.2) is 34.8 Å². The van der Waals surface area contributed by atoms with Gasteiger partial charge in [-0.3, -0.25) is 4.39 Å². The molecule has 22 heavy (non-hydrogen) atoms. The van der Waals surface area contributed by atoms with Crippen LogP contribution in [0.5, 0.6) is 0 Å². The Balaban J connectivity index is 0. The molecule has 6 atom stereocenters. The summed E-state index contributed by atoms with van der Waals surface area (Å²) in [7, 11) is -5.24. The summed E-state index contributed by atoms with van der Waals surface area (Å²) in [4.78, 5) is 0. The van der Waals surface area contributed by atoms with E-state index >= 15 is 0 Å². The van der Waals surface area contributed by atoms with Crippen molar-refractivity contribution in [3.63, 3.8) is 0 Å². The predicted octanol–water partition coefficient (Wildman–Crippen LogP) is -0.686. The van der Waals surface area contributed by atoms with Gasteiger partial charge in [0.15, 0.2) is 24.7 Å². The minimum atomic E-state index is -5.24. The molecule has 0 radical (unpaired) electrons. The van der Waals surface area contributed by atoms with Gasteiger partial charge >= 0.3 is 29.6 Å². The molecule has 0 heterocycles. The Morgan fingerprint density at radius 3 is 1.59 bits per heavy atom. The molecule has 128 valence electrons. The van der Waals surface area contributed by atoms with Crippen molar-refractivity contribution in [3.05, 3.63) is 0 Å². The van der Waals surface area contributed by atoms with E-state index in [4.69, 9.17) is 0 Å². The van der Waals surface area contributed by atoms with E-state index in [1.807, 2.05) is 0 Å². The first-order valence-electron chi connectivity index (χ1n) is 5.85. The molecule has 0 aliphatic heterocycles. The molecular weight excluding hydrogens is 356 g/mol. The molecule has 0 aliphatic rings. The molecule has 0 rings (SSSR count). The van der Waals surface area contributed by atoms with Gasteiger partial charge in [-0.1, -0.05) is 0 Å². The summed E-state index contributed by atoms with van der Waals surface area (Å²) in [6, 6.07) is 0. The first-order chi connectivity index (χ1) is 9.51. The van der Waals surface area contributed by atoms with E-state index in [1.54, 1.807) is 0 Å². The number of alkyl halides is 7. The van der Waals surface area contributed by atoms with E-state index in [0.29, 0.717) is 0 Å². The average molecular weight is 370 g/mol. The van der Waals surface area contributed by atoms with Gasteiger partial charge < -0.3 is 4.55 Å². The van der Waals surface area contributed by atoms with Gasteiger partial charge in [-0.15, -0.1) is 0 Å². The van der Waals surface area contributed by atoms with Crippen molar-refractivity contribution in [1.29, 1.82) is 0 Å². The van der Waals surface area contributed by atoms with Gasteiger partial charge in [-0.2, -0.15) is 0 Å². The Hall–Kier alpha value is 0.420. The first-order valence-corrected chi connectivity index (χ1v) is 7.43. The molecule has 12 heteroatoms. The first kappa shape index (κ1) is 24.7. The summed E-state index contributed by atoms with van der Waals surface area (Å²) in [5, 5.41) is 0. The maximum absolute atomic E-state index is 13.2. The molecule has 0 aliphatic carbocycles. The van der Waals surface area contributed by atoms with E-state index in [1.165, 1.54) is 0 Å². The molecule has 0 spiro atoms. The van der Waals surface area contributed by atoms with Gasteiger partial charge in [0.1, 0.15) is 12.3 Å². The SMILES string of the molecule is O=S(=O)([O-])CC(F)C(F)C(F)C(F)C(F)C(F)CCCF.[Na+]. The monoisotopic (exact) mass is 370 g/mol. The standard InChI is InChI=1S/C10H15F7O3S.Na/c11-3-1-2-5(12)7(14)9(16)10(17)8(15)6(13)4-21(18,19)20;/h5-10H,1-4H2,(H,18,19,20);/q;+1/p-1. The molecule has 0 saturated carbocycles. The number of hydrogen-bond acceptors (Lipinski definition) is 3. The zero-order valence-corrected chi connectivity index (χ0v) is 14.4. The van der Waals surface area contributed by atoms with Crippen molar-refractivity contribution < 1.29 is 73.3 Å². The number of halogens is 7. The number of rotatable bonds is 10. The van der Waals surface area contributed by atoms with Crippen molar-refractivity contribution in [2.24, 2.45) is 0 Å². The van der Waals surface area contributed by atoms with Gasteiger partial charge in [0.05, 0.1) is 22.5 Å². The largest absolute Gasteiger partial charge is 1.00 e. The van der Waals surface area contributed by atoms with E-state index in [0.717, 1.165) is 0 Å².